The Hall–Kier alpha value is -1.46. The van der Waals surface area contributed by atoms with Crippen LogP contribution >= 0.6 is 0 Å². The molecule has 2 N–H and O–H groups in total. The summed E-state index contributed by atoms with van der Waals surface area (Å²) in [5.74, 6) is -0.253. The minimum Gasteiger partial charge on any atom is -0.387 e. The fraction of sp³-hybridized carbons (Fsp3) is 0.500. The number of amides is 1. The van der Waals surface area contributed by atoms with Gasteiger partial charge in [0.25, 0.3) is 0 Å². The van der Waals surface area contributed by atoms with E-state index in [1.54, 1.807) is 12.1 Å². The van der Waals surface area contributed by atoms with Crippen LogP contribution in [0.15, 0.2) is 24.3 Å². The third-order valence-electron chi connectivity index (χ3n) is 3.33. The van der Waals surface area contributed by atoms with E-state index in [2.05, 4.69) is 5.32 Å². The van der Waals surface area contributed by atoms with Crippen LogP contribution in [0.3, 0.4) is 0 Å². The second-order valence-electron chi connectivity index (χ2n) is 4.79. The molecule has 1 saturated heterocycles. The SMILES string of the molecule is O=C(CNCC(O)c1ccc(F)cc1)N1CCCC1. The van der Waals surface area contributed by atoms with Crippen molar-refractivity contribution in [3.63, 3.8) is 0 Å². The molecule has 0 aromatic heterocycles. The van der Waals surface area contributed by atoms with Crippen LogP contribution in [0.5, 0.6) is 0 Å². The maximum absolute atomic E-state index is 12.7. The van der Waals surface area contributed by atoms with Crippen LogP contribution in [0.4, 0.5) is 4.39 Å². The lowest BCUT2D eigenvalue weighted by atomic mass is 10.1. The summed E-state index contributed by atoms with van der Waals surface area (Å²) in [5.41, 5.74) is 0.641. The van der Waals surface area contributed by atoms with E-state index in [9.17, 15) is 14.3 Å². The number of carbonyl (C=O) groups excluding carboxylic acids is 1. The van der Waals surface area contributed by atoms with Crippen LogP contribution < -0.4 is 5.32 Å². The third-order valence-corrected chi connectivity index (χ3v) is 3.33. The van der Waals surface area contributed by atoms with E-state index >= 15 is 0 Å². The Morgan fingerprint density at radius 3 is 2.58 bits per heavy atom. The van der Waals surface area contributed by atoms with E-state index in [1.165, 1.54) is 12.1 Å². The summed E-state index contributed by atoms with van der Waals surface area (Å²) < 4.78 is 12.7. The molecule has 104 valence electrons. The molecule has 19 heavy (non-hydrogen) atoms. The van der Waals surface area contributed by atoms with Gasteiger partial charge in [0.1, 0.15) is 5.82 Å². The molecule has 5 heteroatoms. The molecular formula is C14H19FN2O2. The first-order chi connectivity index (χ1) is 9.16. The van der Waals surface area contributed by atoms with Crippen molar-refractivity contribution < 1.29 is 14.3 Å². The van der Waals surface area contributed by atoms with Crippen molar-refractivity contribution in [1.82, 2.24) is 10.2 Å². The molecule has 2 rings (SSSR count). The zero-order chi connectivity index (χ0) is 13.7. The average Bonchev–Trinajstić information content (AvgIpc) is 2.93. The van der Waals surface area contributed by atoms with E-state index < -0.39 is 6.10 Å². The molecular weight excluding hydrogens is 247 g/mol. The lowest BCUT2D eigenvalue weighted by Gasteiger charge is -2.17. The van der Waals surface area contributed by atoms with Gasteiger partial charge in [-0.2, -0.15) is 0 Å². The van der Waals surface area contributed by atoms with Crippen LogP contribution in [0.2, 0.25) is 0 Å². The van der Waals surface area contributed by atoms with Gasteiger partial charge in [0, 0.05) is 19.6 Å². The Bertz CT molecular complexity index is 416. The number of aliphatic hydroxyl groups excluding tert-OH is 1. The molecule has 1 aliphatic rings. The van der Waals surface area contributed by atoms with E-state index in [0.717, 1.165) is 25.9 Å². The van der Waals surface area contributed by atoms with Crippen molar-refractivity contribution in [1.29, 1.82) is 0 Å². The van der Waals surface area contributed by atoms with Crippen LogP contribution in [0.1, 0.15) is 24.5 Å². The van der Waals surface area contributed by atoms with Crippen LogP contribution in [-0.2, 0) is 4.79 Å². The number of nitrogens with one attached hydrogen (secondary N) is 1. The first-order valence-electron chi connectivity index (χ1n) is 6.59. The van der Waals surface area contributed by atoms with Crippen molar-refractivity contribution in [2.75, 3.05) is 26.2 Å². The van der Waals surface area contributed by atoms with Gasteiger partial charge in [-0.05, 0) is 30.5 Å². The normalized spacial score (nSPS) is 16.6. The van der Waals surface area contributed by atoms with Crippen molar-refractivity contribution in [3.8, 4) is 0 Å². The fourth-order valence-electron chi connectivity index (χ4n) is 2.20. The Balaban J connectivity index is 1.72. The quantitative estimate of drug-likeness (QED) is 0.838. The summed E-state index contributed by atoms with van der Waals surface area (Å²) in [4.78, 5) is 13.6. The van der Waals surface area contributed by atoms with Gasteiger partial charge in [-0.25, -0.2) is 4.39 Å². The monoisotopic (exact) mass is 266 g/mol. The van der Waals surface area contributed by atoms with Gasteiger partial charge in [-0.15, -0.1) is 0 Å². The van der Waals surface area contributed by atoms with Crippen molar-refractivity contribution >= 4 is 5.91 Å². The number of hydrogen-bond acceptors (Lipinski definition) is 3. The molecule has 1 unspecified atom stereocenters. The maximum atomic E-state index is 12.7. The number of hydrogen-bond donors (Lipinski definition) is 2. The molecule has 0 saturated carbocycles. The molecule has 1 heterocycles. The molecule has 1 atom stereocenters. The van der Waals surface area contributed by atoms with Gasteiger partial charge < -0.3 is 15.3 Å². The molecule has 1 aromatic rings. The van der Waals surface area contributed by atoms with E-state index in [-0.39, 0.29) is 24.8 Å². The molecule has 1 aromatic carbocycles. The smallest absolute Gasteiger partial charge is 0.236 e. The van der Waals surface area contributed by atoms with Gasteiger partial charge in [0.05, 0.1) is 12.6 Å². The van der Waals surface area contributed by atoms with Gasteiger partial charge >= 0.3 is 0 Å². The standard InChI is InChI=1S/C14H19FN2O2/c15-12-5-3-11(4-6-12)13(18)9-16-10-14(19)17-7-1-2-8-17/h3-6,13,16,18H,1-2,7-10H2. The molecule has 1 amide bonds. The van der Waals surface area contributed by atoms with Gasteiger partial charge in [0.15, 0.2) is 0 Å². The molecule has 0 aliphatic carbocycles. The largest absolute Gasteiger partial charge is 0.387 e. The van der Waals surface area contributed by atoms with E-state index in [1.807, 2.05) is 4.90 Å². The minimum atomic E-state index is -0.730. The Kier molecular flexibility index (Phi) is 4.87. The van der Waals surface area contributed by atoms with Gasteiger partial charge in [-0.3, -0.25) is 4.79 Å². The lowest BCUT2D eigenvalue weighted by molar-refractivity contribution is -0.129. The third kappa shape index (κ3) is 4.01. The van der Waals surface area contributed by atoms with Gasteiger partial charge in [0.2, 0.25) is 5.91 Å². The molecule has 1 aliphatic heterocycles. The summed E-state index contributed by atoms with van der Waals surface area (Å²) in [7, 11) is 0. The van der Waals surface area contributed by atoms with Crippen molar-refractivity contribution in [3.05, 3.63) is 35.6 Å². The van der Waals surface area contributed by atoms with Crippen LogP contribution in [0, 0.1) is 5.82 Å². The van der Waals surface area contributed by atoms with Crippen molar-refractivity contribution in [2.24, 2.45) is 0 Å². The minimum absolute atomic E-state index is 0.0730. The first kappa shape index (κ1) is 14.0. The van der Waals surface area contributed by atoms with E-state index in [4.69, 9.17) is 0 Å². The second-order valence-corrected chi connectivity index (χ2v) is 4.79. The first-order valence-corrected chi connectivity index (χ1v) is 6.59. The predicted octanol–water partition coefficient (Wildman–Crippen LogP) is 1.07. The molecule has 4 nitrogen and oxygen atoms in total. The summed E-state index contributed by atoms with van der Waals surface area (Å²) in [6.07, 6.45) is 1.42. The Morgan fingerprint density at radius 1 is 1.32 bits per heavy atom. The highest BCUT2D eigenvalue weighted by molar-refractivity contribution is 5.78. The van der Waals surface area contributed by atoms with Crippen LogP contribution in [0.25, 0.3) is 0 Å². The summed E-state index contributed by atoms with van der Waals surface area (Å²) in [6, 6.07) is 5.72. The number of halogens is 1. The highest BCUT2D eigenvalue weighted by Crippen LogP contribution is 2.12. The highest BCUT2D eigenvalue weighted by atomic mass is 19.1. The number of rotatable bonds is 5. The molecule has 0 bridgehead atoms. The number of carbonyl (C=O) groups is 1. The number of likely N-dealkylation sites (tertiary alicyclic amines) is 1. The number of nitrogens with zero attached hydrogens (tertiary/aromatic N) is 1. The van der Waals surface area contributed by atoms with Crippen molar-refractivity contribution in [2.45, 2.75) is 18.9 Å². The predicted molar refractivity (Wildman–Crippen MR) is 70.0 cm³/mol. The highest BCUT2D eigenvalue weighted by Gasteiger charge is 2.17. The Morgan fingerprint density at radius 2 is 1.95 bits per heavy atom. The summed E-state index contributed by atoms with van der Waals surface area (Å²) >= 11 is 0. The molecule has 0 radical (unpaired) electrons. The van der Waals surface area contributed by atoms with Crippen LogP contribution in [-0.4, -0.2) is 42.1 Å². The zero-order valence-corrected chi connectivity index (χ0v) is 10.8. The Labute approximate surface area is 112 Å². The summed E-state index contributed by atoms with van der Waals surface area (Å²) in [6.45, 7) is 2.19. The molecule has 1 fully saturated rings. The maximum Gasteiger partial charge on any atom is 0.236 e. The summed E-state index contributed by atoms with van der Waals surface area (Å²) in [5, 5.41) is 12.8. The fourth-order valence-corrected chi connectivity index (χ4v) is 2.20. The number of aliphatic hydroxyl groups is 1. The molecule has 0 spiro atoms. The average molecular weight is 266 g/mol. The van der Waals surface area contributed by atoms with Gasteiger partial charge in [-0.1, -0.05) is 12.1 Å². The van der Waals surface area contributed by atoms with E-state index in [0.29, 0.717) is 5.56 Å². The lowest BCUT2D eigenvalue weighted by Crippen LogP contribution is -2.37. The zero-order valence-electron chi connectivity index (χ0n) is 10.8. The topological polar surface area (TPSA) is 52.6 Å². The number of benzene rings is 1. The second kappa shape index (κ2) is 6.63.